The fourth-order valence-electron chi connectivity index (χ4n) is 2.00. The minimum Gasteiger partial charge on any atom is -0.345 e. The van der Waals surface area contributed by atoms with Gasteiger partial charge < -0.3 is 15.6 Å². The molecule has 110 valence electrons. The highest BCUT2D eigenvalue weighted by atomic mass is 79.9. The third-order valence-corrected chi connectivity index (χ3v) is 3.51. The van der Waals surface area contributed by atoms with Gasteiger partial charge in [0.2, 0.25) is 0 Å². The van der Waals surface area contributed by atoms with Crippen LogP contribution in [0.5, 0.6) is 0 Å². The number of aromatic nitrogens is 2. The lowest BCUT2D eigenvalue weighted by atomic mass is 10.2. The maximum Gasteiger partial charge on any atom is 0.323 e. The van der Waals surface area contributed by atoms with Crippen LogP contribution in [-0.2, 0) is 0 Å². The molecule has 2 amide bonds. The Kier molecular flexibility index (Phi) is 4.20. The topological polar surface area (TPSA) is 69.8 Å². The number of carbonyl (C=O) groups is 1. The van der Waals surface area contributed by atoms with E-state index in [0.717, 1.165) is 21.1 Å². The first-order valence-corrected chi connectivity index (χ1v) is 7.43. The Morgan fingerprint density at radius 1 is 1.23 bits per heavy atom. The number of urea groups is 1. The normalized spacial score (nSPS) is 11.0. The summed E-state index contributed by atoms with van der Waals surface area (Å²) in [5.41, 5.74) is 3.43. The molecule has 1 aromatic heterocycles. The van der Waals surface area contributed by atoms with Crippen LogP contribution in [0, 0.1) is 0 Å². The number of anilines is 1. The first-order chi connectivity index (χ1) is 10.7. The van der Waals surface area contributed by atoms with E-state index in [1.165, 1.54) is 0 Å². The van der Waals surface area contributed by atoms with Gasteiger partial charge in [-0.1, -0.05) is 28.1 Å². The molecule has 0 fully saturated rings. The van der Waals surface area contributed by atoms with Crippen LogP contribution >= 0.6 is 15.9 Å². The van der Waals surface area contributed by atoms with Crippen molar-refractivity contribution in [3.05, 3.63) is 65.0 Å². The summed E-state index contributed by atoms with van der Waals surface area (Å²) in [6, 6.07) is 13.0. The molecular formula is C16H13BrN4O. The number of halogens is 1. The smallest absolute Gasteiger partial charge is 0.323 e. The summed E-state index contributed by atoms with van der Waals surface area (Å²) in [5.74, 6) is 0. The number of fused-ring (bicyclic) bond motifs is 1. The molecule has 0 spiro atoms. The Balaban J connectivity index is 1.60. The van der Waals surface area contributed by atoms with E-state index in [9.17, 15) is 4.79 Å². The van der Waals surface area contributed by atoms with E-state index in [-0.39, 0.29) is 6.03 Å². The van der Waals surface area contributed by atoms with Crippen LogP contribution in [-0.4, -0.2) is 16.0 Å². The van der Waals surface area contributed by atoms with Gasteiger partial charge in [0, 0.05) is 16.4 Å². The molecule has 0 aliphatic carbocycles. The lowest BCUT2D eigenvalue weighted by Crippen LogP contribution is -2.23. The zero-order valence-corrected chi connectivity index (χ0v) is 13.1. The SMILES string of the molecule is O=C(N/C=C/c1cccc(Br)c1)Nc1ccc2nc[nH]c2c1. The van der Waals surface area contributed by atoms with Crippen LogP contribution in [0.15, 0.2) is 59.5 Å². The number of aromatic amines is 1. The molecule has 0 aliphatic heterocycles. The van der Waals surface area contributed by atoms with Crippen molar-refractivity contribution in [3.63, 3.8) is 0 Å². The standard InChI is InChI=1S/C16H13BrN4O/c17-12-3-1-2-11(8-12)6-7-18-16(22)21-13-4-5-14-15(9-13)20-10-19-14/h1-10H,(H,19,20)(H2,18,21,22)/b7-6+. The van der Waals surface area contributed by atoms with E-state index < -0.39 is 0 Å². The highest BCUT2D eigenvalue weighted by molar-refractivity contribution is 9.10. The number of nitrogens with one attached hydrogen (secondary N) is 3. The Hall–Kier alpha value is -2.60. The van der Waals surface area contributed by atoms with E-state index in [1.54, 1.807) is 18.6 Å². The predicted molar refractivity (Wildman–Crippen MR) is 91.4 cm³/mol. The van der Waals surface area contributed by atoms with E-state index in [2.05, 4.69) is 36.5 Å². The average Bonchev–Trinajstić information content (AvgIpc) is 2.95. The van der Waals surface area contributed by atoms with Crippen molar-refractivity contribution in [3.8, 4) is 0 Å². The molecule has 22 heavy (non-hydrogen) atoms. The molecule has 0 saturated heterocycles. The quantitative estimate of drug-likeness (QED) is 0.660. The number of H-pyrrole nitrogens is 1. The Labute approximate surface area is 135 Å². The molecular weight excluding hydrogens is 344 g/mol. The number of nitrogens with zero attached hydrogens (tertiary/aromatic N) is 1. The first-order valence-electron chi connectivity index (χ1n) is 6.63. The van der Waals surface area contributed by atoms with Crippen LogP contribution in [0.2, 0.25) is 0 Å². The first kappa shape index (κ1) is 14.3. The second kappa shape index (κ2) is 6.44. The molecule has 0 radical (unpaired) electrons. The lowest BCUT2D eigenvalue weighted by Gasteiger charge is -2.04. The molecule has 2 aromatic carbocycles. The van der Waals surface area contributed by atoms with Gasteiger partial charge in [0.25, 0.3) is 0 Å². The van der Waals surface area contributed by atoms with Crippen molar-refractivity contribution in [2.24, 2.45) is 0 Å². The molecule has 3 N–H and O–H groups in total. The zero-order chi connectivity index (χ0) is 15.4. The van der Waals surface area contributed by atoms with Crippen molar-refractivity contribution in [2.45, 2.75) is 0 Å². The van der Waals surface area contributed by atoms with Crippen molar-refractivity contribution in [1.29, 1.82) is 0 Å². The number of imidazole rings is 1. The number of amides is 2. The fourth-order valence-corrected chi connectivity index (χ4v) is 2.42. The fraction of sp³-hybridized carbons (Fsp3) is 0. The monoisotopic (exact) mass is 356 g/mol. The second-order valence-corrected chi connectivity index (χ2v) is 5.54. The largest absolute Gasteiger partial charge is 0.345 e. The molecule has 0 aliphatic rings. The van der Waals surface area contributed by atoms with Gasteiger partial charge in [-0.05, 0) is 42.0 Å². The summed E-state index contributed by atoms with van der Waals surface area (Å²) in [7, 11) is 0. The Morgan fingerprint density at radius 3 is 3.00 bits per heavy atom. The second-order valence-electron chi connectivity index (χ2n) is 4.62. The molecule has 3 rings (SSSR count). The van der Waals surface area contributed by atoms with Crippen LogP contribution < -0.4 is 10.6 Å². The highest BCUT2D eigenvalue weighted by Gasteiger charge is 2.01. The molecule has 0 atom stereocenters. The van der Waals surface area contributed by atoms with Crippen LogP contribution in [0.1, 0.15) is 5.56 Å². The van der Waals surface area contributed by atoms with Gasteiger partial charge >= 0.3 is 6.03 Å². The summed E-state index contributed by atoms with van der Waals surface area (Å²) in [6.45, 7) is 0. The third kappa shape index (κ3) is 3.53. The predicted octanol–water partition coefficient (Wildman–Crippen LogP) is 4.12. The van der Waals surface area contributed by atoms with Gasteiger partial charge in [0.1, 0.15) is 0 Å². The Morgan fingerprint density at radius 2 is 2.14 bits per heavy atom. The minimum atomic E-state index is -0.301. The van der Waals surface area contributed by atoms with Crippen LogP contribution in [0.25, 0.3) is 17.1 Å². The van der Waals surface area contributed by atoms with Crippen molar-refractivity contribution in [1.82, 2.24) is 15.3 Å². The van der Waals surface area contributed by atoms with E-state index in [0.29, 0.717) is 5.69 Å². The molecule has 0 unspecified atom stereocenters. The summed E-state index contributed by atoms with van der Waals surface area (Å²) in [6.07, 6.45) is 5.05. The maximum absolute atomic E-state index is 11.8. The number of benzene rings is 2. The number of rotatable bonds is 3. The number of hydrogen-bond donors (Lipinski definition) is 3. The van der Waals surface area contributed by atoms with Gasteiger partial charge in [-0.15, -0.1) is 0 Å². The van der Waals surface area contributed by atoms with Crippen LogP contribution in [0.3, 0.4) is 0 Å². The number of hydrogen-bond acceptors (Lipinski definition) is 2. The summed E-state index contributed by atoms with van der Waals surface area (Å²) >= 11 is 3.40. The molecule has 3 aromatic rings. The summed E-state index contributed by atoms with van der Waals surface area (Å²) < 4.78 is 0.993. The van der Waals surface area contributed by atoms with E-state index in [1.807, 2.05) is 42.5 Å². The van der Waals surface area contributed by atoms with E-state index in [4.69, 9.17) is 0 Å². The van der Waals surface area contributed by atoms with Crippen LogP contribution in [0.4, 0.5) is 10.5 Å². The maximum atomic E-state index is 11.8. The highest BCUT2D eigenvalue weighted by Crippen LogP contribution is 2.15. The Bertz CT molecular complexity index is 841. The molecule has 1 heterocycles. The molecule has 6 heteroatoms. The van der Waals surface area contributed by atoms with Gasteiger partial charge in [-0.2, -0.15) is 0 Å². The minimum absolute atomic E-state index is 0.301. The van der Waals surface area contributed by atoms with Gasteiger partial charge in [0.05, 0.1) is 17.4 Å². The lowest BCUT2D eigenvalue weighted by molar-refractivity contribution is 0.255. The molecule has 5 nitrogen and oxygen atoms in total. The number of carbonyl (C=O) groups excluding carboxylic acids is 1. The summed E-state index contributed by atoms with van der Waals surface area (Å²) in [4.78, 5) is 19.0. The van der Waals surface area contributed by atoms with Gasteiger partial charge in [-0.3, -0.25) is 0 Å². The summed E-state index contributed by atoms with van der Waals surface area (Å²) in [5, 5.41) is 5.43. The molecule has 0 bridgehead atoms. The van der Waals surface area contributed by atoms with Gasteiger partial charge in [0.15, 0.2) is 0 Å². The van der Waals surface area contributed by atoms with Crippen molar-refractivity contribution in [2.75, 3.05) is 5.32 Å². The average molecular weight is 357 g/mol. The van der Waals surface area contributed by atoms with Crippen molar-refractivity contribution < 1.29 is 4.79 Å². The van der Waals surface area contributed by atoms with Crippen molar-refractivity contribution >= 4 is 44.8 Å². The molecule has 0 saturated carbocycles. The third-order valence-electron chi connectivity index (χ3n) is 3.02. The van der Waals surface area contributed by atoms with E-state index >= 15 is 0 Å². The zero-order valence-electron chi connectivity index (χ0n) is 11.5. The van der Waals surface area contributed by atoms with Gasteiger partial charge in [-0.25, -0.2) is 9.78 Å².